The van der Waals surface area contributed by atoms with Crippen molar-refractivity contribution in [3.05, 3.63) is 99.6 Å². The number of hydrogen-bond donors (Lipinski definition) is 4. The first-order valence-electron chi connectivity index (χ1n) is 22.3. The van der Waals surface area contributed by atoms with Crippen molar-refractivity contribution in [1.29, 1.82) is 0 Å². The number of aryl methyl sites for hydroxylation is 1. The van der Waals surface area contributed by atoms with Crippen molar-refractivity contribution in [3.8, 4) is 17.2 Å². The van der Waals surface area contributed by atoms with Crippen LogP contribution < -0.4 is 14.8 Å². The van der Waals surface area contributed by atoms with Crippen molar-refractivity contribution in [1.82, 2.24) is 15.1 Å². The molecule has 2 amide bonds. The number of aliphatic hydroxyl groups excluding tert-OH is 2. The molecule has 5 bridgehead atoms. The van der Waals surface area contributed by atoms with E-state index in [0.29, 0.717) is 25.9 Å². The SMILES string of the molecule is C/C1=C/C=C/[C@H](C)[C@H](O)[C@@H](C)[C@@H](O)[C@@H](C)[C@H](C)[C@H](C)[C@@H](C)/C=C/O[C@@]2(C)Oc3c(C)c(O)c4c(c3C2=O)C2=NC3(CCN(C)CC3)N(C(=O)Oc3ccc(C)cc3)C2=C(NC1=O)C4=O. The van der Waals surface area contributed by atoms with E-state index >= 15 is 4.79 Å². The van der Waals surface area contributed by atoms with Gasteiger partial charge in [0.15, 0.2) is 0 Å². The number of amides is 2. The second-order valence-electron chi connectivity index (χ2n) is 18.9. The Labute approximate surface area is 375 Å². The largest absolute Gasteiger partial charge is 0.507 e. The summed E-state index contributed by atoms with van der Waals surface area (Å²) >= 11 is 0. The second-order valence-corrected chi connectivity index (χ2v) is 18.9. The Bertz CT molecular complexity index is 2410. The van der Waals surface area contributed by atoms with Gasteiger partial charge in [0.1, 0.15) is 34.3 Å². The third kappa shape index (κ3) is 7.98. The third-order valence-corrected chi connectivity index (χ3v) is 14.6. The number of allylic oxidation sites excluding steroid dienone is 5. The van der Waals surface area contributed by atoms with E-state index in [4.69, 9.17) is 19.2 Å². The van der Waals surface area contributed by atoms with Crippen molar-refractivity contribution < 1.29 is 48.7 Å². The molecule has 6 aliphatic rings. The van der Waals surface area contributed by atoms with Crippen molar-refractivity contribution in [2.24, 2.45) is 40.5 Å². The Hall–Kier alpha value is -5.57. The molecule has 14 nitrogen and oxygen atoms in total. The van der Waals surface area contributed by atoms with Crippen LogP contribution in [0.4, 0.5) is 4.79 Å². The van der Waals surface area contributed by atoms with Crippen LogP contribution in [-0.4, -0.2) is 98.2 Å². The molecule has 0 aromatic heterocycles. The summed E-state index contributed by atoms with van der Waals surface area (Å²) in [5, 5.41) is 37.6. The van der Waals surface area contributed by atoms with Crippen molar-refractivity contribution in [3.63, 3.8) is 0 Å². The number of aliphatic hydroxyl groups is 2. The Morgan fingerprint density at radius 3 is 2.17 bits per heavy atom. The zero-order valence-electron chi connectivity index (χ0n) is 38.7. The highest BCUT2D eigenvalue weighted by Crippen LogP contribution is 2.52. The van der Waals surface area contributed by atoms with Gasteiger partial charge in [-0.3, -0.25) is 19.4 Å². The van der Waals surface area contributed by atoms with E-state index in [2.05, 4.69) is 24.1 Å². The van der Waals surface area contributed by atoms with E-state index < -0.39 is 64.8 Å². The number of phenols is 1. The standard InChI is InChI=1S/C50H62N4O10/c1-25-15-17-34(18-16-25)63-48(61)54-40-38(52-50(54)20-22-53(11)23-21-50)35-36-43(57)33(9)45-37(35)46(59)49(10,64-45)62-24-19-26(2)29(5)30(6)31(7)42(56)32(8)41(55)27(3)13-12-14-28(4)47(60)51-39(40)44(36)58/h12-19,24,26-27,29-32,41-42,55-57H,20-23H2,1-11H3,(H,51,60)/b13-12+,24-19+,28-14-/t26-,27-,29+,30+,31-,32+,41-,42-,49-/m0/s1. The van der Waals surface area contributed by atoms with Crippen LogP contribution in [0.3, 0.4) is 0 Å². The Balaban J connectivity index is 1.43. The van der Waals surface area contributed by atoms with Gasteiger partial charge in [0, 0.05) is 61.4 Å². The molecule has 0 radical (unpaired) electrons. The van der Waals surface area contributed by atoms with Crippen LogP contribution in [0.5, 0.6) is 17.2 Å². The first-order valence-corrected chi connectivity index (χ1v) is 22.3. The van der Waals surface area contributed by atoms with Gasteiger partial charge < -0.3 is 39.7 Å². The minimum Gasteiger partial charge on any atom is -0.507 e. The fourth-order valence-corrected chi connectivity index (χ4v) is 9.56. The Morgan fingerprint density at radius 2 is 1.52 bits per heavy atom. The normalized spacial score (nSPS) is 32.8. The van der Waals surface area contributed by atoms with E-state index in [0.717, 1.165) is 5.56 Å². The van der Waals surface area contributed by atoms with Crippen molar-refractivity contribution in [2.75, 3.05) is 20.1 Å². The van der Waals surface area contributed by atoms with Crippen molar-refractivity contribution in [2.45, 2.75) is 106 Å². The molecule has 0 unspecified atom stereocenters. The van der Waals surface area contributed by atoms with Crippen LogP contribution in [0, 0.1) is 49.4 Å². The molecule has 0 saturated carbocycles. The van der Waals surface area contributed by atoms with Crippen LogP contribution in [0.15, 0.2) is 76.8 Å². The van der Waals surface area contributed by atoms with E-state index in [1.54, 1.807) is 49.4 Å². The number of phenolic OH excluding ortho intramolecular Hbond substituents is 1. The predicted molar refractivity (Wildman–Crippen MR) is 241 cm³/mol. The van der Waals surface area contributed by atoms with E-state index in [9.17, 15) is 29.7 Å². The number of piperidine rings is 1. The molecule has 64 heavy (non-hydrogen) atoms. The molecule has 5 heterocycles. The summed E-state index contributed by atoms with van der Waals surface area (Å²) < 4.78 is 18.5. The lowest BCUT2D eigenvalue weighted by molar-refractivity contribution is -0.116. The summed E-state index contributed by atoms with van der Waals surface area (Å²) in [6.45, 7) is 19.2. The number of carbonyl (C=O) groups is 4. The number of hydrogen-bond acceptors (Lipinski definition) is 12. The predicted octanol–water partition coefficient (Wildman–Crippen LogP) is 7.13. The van der Waals surface area contributed by atoms with Crippen LogP contribution in [-0.2, 0) is 9.53 Å². The number of likely N-dealkylation sites (tertiary alicyclic amines) is 1. The second kappa shape index (κ2) is 17.4. The number of aliphatic imine (C=N–C) groups is 1. The van der Waals surface area contributed by atoms with Crippen molar-refractivity contribution >= 4 is 29.3 Å². The van der Waals surface area contributed by atoms with Gasteiger partial charge in [-0.25, -0.2) is 9.69 Å². The van der Waals surface area contributed by atoms with Gasteiger partial charge in [0.05, 0.1) is 35.3 Å². The number of aromatic hydroxyl groups is 1. The molecule has 1 saturated heterocycles. The first kappa shape index (κ1) is 46.4. The molecule has 14 heteroatoms. The average molecular weight is 879 g/mol. The molecule has 1 fully saturated rings. The molecule has 8 rings (SSSR count). The van der Waals surface area contributed by atoms with Gasteiger partial charge in [-0.2, -0.15) is 0 Å². The zero-order valence-corrected chi connectivity index (χ0v) is 38.7. The maximum atomic E-state index is 15.2. The molecule has 1 spiro atoms. The minimum atomic E-state index is -1.94. The number of rotatable bonds is 1. The van der Waals surface area contributed by atoms with Gasteiger partial charge in [-0.15, -0.1) is 0 Å². The fraction of sp³-hybridized carbons (Fsp3) is 0.500. The molecule has 2 aromatic rings. The highest BCUT2D eigenvalue weighted by atomic mass is 16.7. The molecule has 9 atom stereocenters. The topological polar surface area (TPSA) is 188 Å². The number of nitrogens with zero attached hydrogens (tertiary/aromatic N) is 3. The highest BCUT2D eigenvalue weighted by molar-refractivity contribution is 6.35. The highest BCUT2D eigenvalue weighted by Gasteiger charge is 2.58. The quantitative estimate of drug-likeness (QED) is 0.228. The number of carbonyl (C=O) groups excluding carboxylic acids is 4. The Morgan fingerprint density at radius 1 is 0.859 bits per heavy atom. The third-order valence-electron chi connectivity index (χ3n) is 14.6. The minimum absolute atomic E-state index is 0.00271. The lowest BCUT2D eigenvalue weighted by Crippen LogP contribution is -2.54. The smallest absolute Gasteiger partial charge is 0.421 e. The monoisotopic (exact) mass is 878 g/mol. The number of ether oxygens (including phenoxy) is 3. The molecule has 1 aliphatic carbocycles. The fourth-order valence-electron chi connectivity index (χ4n) is 9.56. The number of ketones is 2. The number of fused-ring (bicyclic) bond motifs is 13. The summed E-state index contributed by atoms with van der Waals surface area (Å²) in [6, 6.07) is 6.91. The van der Waals surface area contributed by atoms with E-state index in [-0.39, 0.29) is 80.1 Å². The Kier molecular flexibility index (Phi) is 12.6. The van der Waals surface area contributed by atoms with E-state index in [1.807, 2.05) is 47.7 Å². The van der Waals surface area contributed by atoms with Gasteiger partial charge in [-0.05, 0) is 69.7 Å². The first-order chi connectivity index (χ1) is 30.1. The number of Topliss-reactive ketones (excluding diaryl/α,β-unsaturated/α-hetero) is 2. The van der Waals surface area contributed by atoms with Crippen LogP contribution in [0.25, 0.3) is 0 Å². The van der Waals surface area contributed by atoms with Gasteiger partial charge in [0.25, 0.3) is 11.7 Å². The van der Waals surface area contributed by atoms with Crippen LogP contribution in [0.1, 0.15) is 106 Å². The lowest BCUT2D eigenvalue weighted by Gasteiger charge is -2.41. The molecule has 342 valence electrons. The van der Waals surface area contributed by atoms with Gasteiger partial charge >= 0.3 is 11.9 Å². The lowest BCUT2D eigenvalue weighted by atomic mass is 9.72. The molecular formula is C50H62N4O10. The van der Waals surface area contributed by atoms with E-state index in [1.165, 1.54) is 25.0 Å². The summed E-state index contributed by atoms with van der Waals surface area (Å²) in [5.74, 6) is -5.50. The molecule has 5 aliphatic heterocycles. The summed E-state index contributed by atoms with van der Waals surface area (Å²) in [6.07, 6.45) is 6.19. The summed E-state index contributed by atoms with van der Waals surface area (Å²) in [4.78, 5) is 67.7. The number of benzene rings is 2. The number of nitrogens with one attached hydrogen (secondary N) is 1. The molecule has 2 aromatic carbocycles. The van der Waals surface area contributed by atoms with Gasteiger partial charge in [0.2, 0.25) is 5.78 Å². The zero-order chi connectivity index (χ0) is 46.7. The van der Waals surface area contributed by atoms with Crippen LogP contribution >= 0.6 is 0 Å². The maximum Gasteiger partial charge on any atom is 0.421 e. The molecular weight excluding hydrogens is 817 g/mol. The summed E-state index contributed by atoms with van der Waals surface area (Å²) in [5.41, 5.74) is -0.821. The molecule has 4 N–H and O–H groups in total. The average Bonchev–Trinajstić information content (AvgIpc) is 3.73. The van der Waals surface area contributed by atoms with Crippen LogP contribution in [0.2, 0.25) is 0 Å². The van der Waals surface area contributed by atoms with Gasteiger partial charge in [-0.1, -0.05) is 77.5 Å². The maximum absolute atomic E-state index is 15.2. The summed E-state index contributed by atoms with van der Waals surface area (Å²) in [7, 11) is 1.95.